The number of ether oxygens (including phenoxy) is 2. The van der Waals surface area contributed by atoms with Crippen molar-refractivity contribution in [1.29, 1.82) is 0 Å². The zero-order valence-corrected chi connectivity index (χ0v) is 16.7. The fourth-order valence-corrected chi connectivity index (χ4v) is 5.31. The predicted octanol–water partition coefficient (Wildman–Crippen LogP) is 2.37. The van der Waals surface area contributed by atoms with Gasteiger partial charge in [-0.2, -0.15) is 4.31 Å². The van der Waals surface area contributed by atoms with E-state index in [0.29, 0.717) is 30.9 Å². The molecule has 1 unspecified atom stereocenters. The molecule has 2 aromatic rings. The Morgan fingerprint density at radius 1 is 1.17 bits per heavy atom. The smallest absolute Gasteiger partial charge is 0.243 e. The maximum Gasteiger partial charge on any atom is 0.243 e. The van der Waals surface area contributed by atoms with Gasteiger partial charge in [-0.05, 0) is 54.8 Å². The average Bonchev–Trinajstić information content (AvgIpc) is 3.37. The molecule has 0 spiro atoms. The molecule has 1 atom stereocenters. The summed E-state index contributed by atoms with van der Waals surface area (Å²) in [5.74, 6) is 0.507. The van der Waals surface area contributed by atoms with E-state index >= 15 is 0 Å². The second-order valence-corrected chi connectivity index (χ2v) is 9.00. The van der Waals surface area contributed by atoms with Gasteiger partial charge in [0.15, 0.2) is 11.5 Å². The van der Waals surface area contributed by atoms with Gasteiger partial charge in [0.1, 0.15) is 11.9 Å². The standard InChI is InChI=1S/C20H21FN2O5S/c1-22(12-14-4-9-18-19(11-14)28-13-27-18)20(24)17-3-2-10-23(17)29(25,26)16-7-5-15(21)6-8-16/h4-9,11,17H,2-3,10,12-13H2,1H3. The van der Waals surface area contributed by atoms with Crippen molar-refractivity contribution in [3.63, 3.8) is 0 Å². The van der Waals surface area contributed by atoms with Gasteiger partial charge in [-0.1, -0.05) is 6.07 Å². The lowest BCUT2D eigenvalue weighted by atomic mass is 10.1. The largest absolute Gasteiger partial charge is 0.454 e. The van der Waals surface area contributed by atoms with Crippen LogP contribution in [0.3, 0.4) is 0 Å². The maximum atomic E-state index is 13.2. The number of carbonyl (C=O) groups excluding carboxylic acids is 1. The summed E-state index contributed by atoms with van der Waals surface area (Å²) < 4.78 is 51.0. The molecule has 2 aliphatic rings. The minimum absolute atomic E-state index is 0.0166. The molecule has 2 heterocycles. The van der Waals surface area contributed by atoms with Crippen molar-refractivity contribution in [1.82, 2.24) is 9.21 Å². The molecule has 4 rings (SSSR count). The first-order valence-corrected chi connectivity index (χ1v) is 10.7. The van der Waals surface area contributed by atoms with Gasteiger partial charge in [0.05, 0.1) is 4.90 Å². The number of rotatable bonds is 5. The van der Waals surface area contributed by atoms with Crippen molar-refractivity contribution in [2.24, 2.45) is 0 Å². The number of likely N-dealkylation sites (N-methyl/N-ethyl adjacent to an activating group) is 1. The molecule has 0 aromatic heterocycles. The number of hydrogen-bond donors (Lipinski definition) is 0. The van der Waals surface area contributed by atoms with Crippen LogP contribution in [0.5, 0.6) is 11.5 Å². The molecule has 7 nitrogen and oxygen atoms in total. The highest BCUT2D eigenvalue weighted by Gasteiger charge is 2.40. The molecule has 0 N–H and O–H groups in total. The van der Waals surface area contributed by atoms with E-state index in [1.807, 2.05) is 12.1 Å². The number of hydrogen-bond acceptors (Lipinski definition) is 5. The molecule has 0 bridgehead atoms. The van der Waals surface area contributed by atoms with E-state index in [1.165, 1.54) is 21.3 Å². The van der Waals surface area contributed by atoms with E-state index in [4.69, 9.17) is 9.47 Å². The van der Waals surface area contributed by atoms with Gasteiger partial charge < -0.3 is 14.4 Å². The summed E-state index contributed by atoms with van der Waals surface area (Å²) in [6.45, 7) is 0.746. The third kappa shape index (κ3) is 3.79. The zero-order chi connectivity index (χ0) is 20.6. The molecule has 0 saturated carbocycles. The molecule has 0 radical (unpaired) electrons. The zero-order valence-electron chi connectivity index (χ0n) is 15.9. The van der Waals surface area contributed by atoms with Crippen LogP contribution < -0.4 is 9.47 Å². The molecular weight excluding hydrogens is 399 g/mol. The number of amides is 1. The van der Waals surface area contributed by atoms with Crippen LogP contribution in [-0.4, -0.2) is 50.0 Å². The highest BCUT2D eigenvalue weighted by atomic mass is 32.2. The van der Waals surface area contributed by atoms with E-state index in [2.05, 4.69) is 0 Å². The Labute approximate surface area is 168 Å². The number of nitrogens with zero attached hydrogens (tertiary/aromatic N) is 2. The van der Waals surface area contributed by atoms with E-state index in [0.717, 1.165) is 17.7 Å². The number of benzene rings is 2. The summed E-state index contributed by atoms with van der Waals surface area (Å²) in [6.07, 6.45) is 1.04. The Bertz CT molecular complexity index is 1030. The van der Waals surface area contributed by atoms with Crippen molar-refractivity contribution < 1.29 is 27.1 Å². The van der Waals surface area contributed by atoms with Crippen molar-refractivity contribution in [3.05, 3.63) is 53.8 Å². The van der Waals surface area contributed by atoms with Gasteiger partial charge in [0.2, 0.25) is 22.7 Å². The number of sulfonamides is 1. The van der Waals surface area contributed by atoms with Crippen LogP contribution in [-0.2, 0) is 21.4 Å². The molecule has 2 aromatic carbocycles. The van der Waals surface area contributed by atoms with Gasteiger partial charge in [-0.15, -0.1) is 0 Å². The average molecular weight is 420 g/mol. The van der Waals surface area contributed by atoms with E-state index in [9.17, 15) is 17.6 Å². The Morgan fingerprint density at radius 2 is 1.90 bits per heavy atom. The Hall–Kier alpha value is -2.65. The maximum absolute atomic E-state index is 13.2. The Morgan fingerprint density at radius 3 is 2.66 bits per heavy atom. The fourth-order valence-electron chi connectivity index (χ4n) is 3.66. The van der Waals surface area contributed by atoms with Crippen molar-refractivity contribution >= 4 is 15.9 Å². The lowest BCUT2D eigenvalue weighted by Gasteiger charge is -2.27. The van der Waals surface area contributed by atoms with Gasteiger partial charge in [-0.25, -0.2) is 12.8 Å². The summed E-state index contributed by atoms with van der Waals surface area (Å²) in [5, 5.41) is 0. The minimum Gasteiger partial charge on any atom is -0.454 e. The Kier molecular flexibility index (Phi) is 5.18. The molecule has 1 fully saturated rings. The van der Waals surface area contributed by atoms with Crippen molar-refractivity contribution in [2.45, 2.75) is 30.3 Å². The molecule has 0 aliphatic carbocycles. The third-order valence-electron chi connectivity index (χ3n) is 5.14. The van der Waals surface area contributed by atoms with Crippen molar-refractivity contribution in [3.8, 4) is 11.5 Å². The van der Waals surface area contributed by atoms with Crippen LogP contribution in [0.4, 0.5) is 4.39 Å². The second-order valence-electron chi connectivity index (χ2n) is 7.11. The number of halogens is 1. The summed E-state index contributed by atoms with van der Waals surface area (Å²) in [7, 11) is -2.23. The number of fused-ring (bicyclic) bond motifs is 1. The van der Waals surface area contributed by atoms with Gasteiger partial charge in [-0.3, -0.25) is 4.79 Å². The first-order valence-electron chi connectivity index (χ1n) is 9.27. The summed E-state index contributed by atoms with van der Waals surface area (Å²) >= 11 is 0. The molecule has 1 amide bonds. The molecule has 9 heteroatoms. The van der Waals surface area contributed by atoms with E-state index in [1.54, 1.807) is 13.1 Å². The first kappa shape index (κ1) is 19.7. The predicted molar refractivity (Wildman–Crippen MR) is 102 cm³/mol. The summed E-state index contributed by atoms with van der Waals surface area (Å²) in [5.41, 5.74) is 0.857. The topological polar surface area (TPSA) is 76.2 Å². The molecule has 29 heavy (non-hydrogen) atoms. The highest BCUT2D eigenvalue weighted by molar-refractivity contribution is 7.89. The fraction of sp³-hybridized carbons (Fsp3) is 0.350. The SMILES string of the molecule is CN(Cc1ccc2c(c1)OCO2)C(=O)C1CCCN1S(=O)(=O)c1ccc(F)cc1. The highest BCUT2D eigenvalue weighted by Crippen LogP contribution is 2.33. The van der Waals surface area contributed by atoms with Gasteiger partial charge in [0, 0.05) is 20.1 Å². The van der Waals surface area contributed by atoms with Crippen LogP contribution in [0.15, 0.2) is 47.4 Å². The van der Waals surface area contributed by atoms with Gasteiger partial charge >= 0.3 is 0 Å². The number of carbonyl (C=O) groups is 1. The van der Waals surface area contributed by atoms with Crippen LogP contribution >= 0.6 is 0 Å². The van der Waals surface area contributed by atoms with Crippen LogP contribution in [0.2, 0.25) is 0 Å². The quantitative estimate of drug-likeness (QED) is 0.742. The van der Waals surface area contributed by atoms with Crippen molar-refractivity contribution in [2.75, 3.05) is 20.4 Å². The van der Waals surface area contributed by atoms with E-state index in [-0.39, 0.29) is 24.1 Å². The van der Waals surface area contributed by atoms with Crippen LogP contribution in [0, 0.1) is 5.82 Å². The van der Waals surface area contributed by atoms with Crippen LogP contribution in [0.1, 0.15) is 18.4 Å². The second kappa shape index (κ2) is 7.64. The first-order chi connectivity index (χ1) is 13.9. The minimum atomic E-state index is -3.88. The lowest BCUT2D eigenvalue weighted by molar-refractivity contribution is -0.133. The third-order valence-corrected chi connectivity index (χ3v) is 7.06. The summed E-state index contributed by atoms with van der Waals surface area (Å²) in [6, 6.07) is 9.33. The molecular formula is C20H21FN2O5S. The lowest BCUT2D eigenvalue weighted by Crippen LogP contribution is -2.46. The summed E-state index contributed by atoms with van der Waals surface area (Å²) in [4.78, 5) is 14.5. The van der Waals surface area contributed by atoms with E-state index < -0.39 is 21.9 Å². The van der Waals surface area contributed by atoms with Gasteiger partial charge in [0.25, 0.3) is 0 Å². The molecule has 1 saturated heterocycles. The monoisotopic (exact) mass is 420 g/mol. The Balaban J connectivity index is 1.50. The molecule has 154 valence electrons. The van der Waals surface area contributed by atoms with Crippen LogP contribution in [0.25, 0.3) is 0 Å². The molecule has 2 aliphatic heterocycles. The normalized spacial score (nSPS) is 18.8.